The summed E-state index contributed by atoms with van der Waals surface area (Å²) >= 11 is 1.12. The van der Waals surface area contributed by atoms with E-state index in [9.17, 15) is 13.6 Å². The minimum absolute atomic E-state index is 0.0833. The summed E-state index contributed by atoms with van der Waals surface area (Å²) < 4.78 is 28.1. The SMILES string of the molecule is C[NH+](C)CCN(C(=O)c1ccc2ccccc2c1)c1nc2c(F)cc(F)cc2s1. The molecule has 3 aromatic carbocycles. The number of carbonyl (C=O) groups is 1. The summed E-state index contributed by atoms with van der Waals surface area (Å²) in [6.45, 7) is 1.10. The molecule has 0 radical (unpaired) electrons. The molecule has 4 aromatic rings. The molecular formula is C22H20F2N3OS+. The molecule has 0 aliphatic carbocycles. The number of benzene rings is 3. The molecule has 0 saturated heterocycles. The maximum Gasteiger partial charge on any atom is 0.260 e. The smallest absolute Gasteiger partial charge is 0.260 e. The van der Waals surface area contributed by atoms with E-state index in [4.69, 9.17) is 0 Å². The average molecular weight is 412 g/mol. The Morgan fingerprint density at radius 3 is 2.59 bits per heavy atom. The Hall–Kier alpha value is -2.90. The van der Waals surface area contributed by atoms with Crippen molar-refractivity contribution >= 4 is 43.4 Å². The number of nitrogens with zero attached hydrogens (tertiary/aromatic N) is 2. The number of aromatic nitrogens is 1. The number of hydrogen-bond donors (Lipinski definition) is 1. The first-order chi connectivity index (χ1) is 13.9. The van der Waals surface area contributed by atoms with Crippen LogP contribution in [0.2, 0.25) is 0 Å². The van der Waals surface area contributed by atoms with E-state index in [1.54, 1.807) is 11.0 Å². The van der Waals surface area contributed by atoms with Crippen LogP contribution in [-0.4, -0.2) is 38.1 Å². The monoisotopic (exact) mass is 412 g/mol. The van der Waals surface area contributed by atoms with Crippen molar-refractivity contribution in [2.75, 3.05) is 32.1 Å². The van der Waals surface area contributed by atoms with E-state index in [1.165, 1.54) is 11.0 Å². The highest BCUT2D eigenvalue weighted by molar-refractivity contribution is 7.22. The summed E-state index contributed by atoms with van der Waals surface area (Å²) in [6, 6.07) is 15.4. The normalized spacial score (nSPS) is 11.5. The summed E-state index contributed by atoms with van der Waals surface area (Å²) in [5, 5.41) is 2.38. The summed E-state index contributed by atoms with van der Waals surface area (Å²) in [4.78, 5) is 20.4. The van der Waals surface area contributed by atoms with Crippen LogP contribution in [0.3, 0.4) is 0 Å². The third-order valence-electron chi connectivity index (χ3n) is 4.71. The molecule has 1 aromatic heterocycles. The molecule has 1 heterocycles. The lowest BCUT2D eigenvalue weighted by Gasteiger charge is -2.21. The topological polar surface area (TPSA) is 37.6 Å². The van der Waals surface area contributed by atoms with Gasteiger partial charge in [-0.1, -0.05) is 41.7 Å². The van der Waals surface area contributed by atoms with Gasteiger partial charge in [0.1, 0.15) is 11.3 Å². The lowest BCUT2D eigenvalue weighted by molar-refractivity contribution is -0.856. The van der Waals surface area contributed by atoms with Crippen molar-refractivity contribution in [3.8, 4) is 0 Å². The highest BCUT2D eigenvalue weighted by atomic mass is 32.1. The second-order valence-corrected chi connectivity index (χ2v) is 8.22. The summed E-state index contributed by atoms with van der Waals surface area (Å²) in [5.41, 5.74) is 0.614. The van der Waals surface area contributed by atoms with Crippen molar-refractivity contribution in [1.29, 1.82) is 0 Å². The van der Waals surface area contributed by atoms with E-state index in [0.29, 0.717) is 28.5 Å². The van der Waals surface area contributed by atoms with E-state index in [0.717, 1.165) is 28.2 Å². The fourth-order valence-electron chi connectivity index (χ4n) is 3.16. The summed E-state index contributed by atoms with van der Waals surface area (Å²) in [7, 11) is 3.98. The zero-order valence-corrected chi connectivity index (χ0v) is 16.9. The molecule has 148 valence electrons. The van der Waals surface area contributed by atoms with Crippen LogP contribution in [0.25, 0.3) is 21.0 Å². The Balaban J connectivity index is 1.76. The fourth-order valence-corrected chi connectivity index (χ4v) is 4.19. The van der Waals surface area contributed by atoms with Gasteiger partial charge >= 0.3 is 0 Å². The molecular weight excluding hydrogens is 392 g/mol. The van der Waals surface area contributed by atoms with Crippen LogP contribution in [0.15, 0.2) is 54.6 Å². The van der Waals surface area contributed by atoms with Gasteiger partial charge in [0.25, 0.3) is 5.91 Å². The van der Waals surface area contributed by atoms with E-state index >= 15 is 0 Å². The van der Waals surface area contributed by atoms with Crippen molar-refractivity contribution in [3.63, 3.8) is 0 Å². The zero-order valence-electron chi connectivity index (χ0n) is 16.1. The minimum atomic E-state index is -0.723. The number of anilines is 1. The predicted octanol–water partition coefficient (Wildman–Crippen LogP) is 3.52. The molecule has 7 heteroatoms. The van der Waals surface area contributed by atoms with Crippen LogP contribution in [0.4, 0.5) is 13.9 Å². The Morgan fingerprint density at radius 2 is 1.83 bits per heavy atom. The van der Waals surface area contributed by atoms with Crippen molar-refractivity contribution in [1.82, 2.24) is 4.98 Å². The number of thiazole rings is 1. The quantitative estimate of drug-likeness (QED) is 0.545. The molecule has 0 saturated carbocycles. The van der Waals surface area contributed by atoms with Gasteiger partial charge in [-0.3, -0.25) is 9.69 Å². The second-order valence-electron chi connectivity index (χ2n) is 7.21. The summed E-state index contributed by atoms with van der Waals surface area (Å²) in [6.07, 6.45) is 0. The van der Waals surface area contributed by atoms with Gasteiger partial charge in [-0.05, 0) is 29.0 Å². The molecule has 0 bridgehead atoms. The number of likely N-dealkylation sites (N-methyl/N-ethyl adjacent to an activating group) is 1. The first-order valence-corrected chi connectivity index (χ1v) is 10.1. The van der Waals surface area contributed by atoms with Gasteiger partial charge in [-0.15, -0.1) is 0 Å². The van der Waals surface area contributed by atoms with Crippen LogP contribution in [0, 0.1) is 11.6 Å². The molecule has 0 atom stereocenters. The third-order valence-corrected chi connectivity index (χ3v) is 5.74. The highest BCUT2D eigenvalue weighted by Crippen LogP contribution is 2.32. The van der Waals surface area contributed by atoms with E-state index in [-0.39, 0.29) is 11.4 Å². The molecule has 4 rings (SSSR count). The maximum atomic E-state index is 14.1. The molecule has 0 fully saturated rings. The molecule has 4 nitrogen and oxygen atoms in total. The Morgan fingerprint density at radius 1 is 1.07 bits per heavy atom. The zero-order chi connectivity index (χ0) is 20.5. The lowest BCUT2D eigenvalue weighted by Crippen LogP contribution is -3.06. The second kappa shape index (κ2) is 7.85. The highest BCUT2D eigenvalue weighted by Gasteiger charge is 2.23. The predicted molar refractivity (Wildman–Crippen MR) is 113 cm³/mol. The minimum Gasteiger partial charge on any atom is -0.338 e. The number of amides is 1. The van der Waals surface area contributed by atoms with Gasteiger partial charge in [0.2, 0.25) is 0 Å². The largest absolute Gasteiger partial charge is 0.338 e. The van der Waals surface area contributed by atoms with E-state index in [1.807, 2.05) is 50.5 Å². The Labute approximate surface area is 171 Å². The van der Waals surface area contributed by atoms with Crippen LogP contribution < -0.4 is 9.80 Å². The van der Waals surface area contributed by atoms with Gasteiger partial charge in [0.05, 0.1) is 31.9 Å². The van der Waals surface area contributed by atoms with Crippen molar-refractivity contribution < 1.29 is 18.5 Å². The number of hydrogen-bond acceptors (Lipinski definition) is 3. The number of halogens is 2. The summed E-state index contributed by atoms with van der Waals surface area (Å²) in [5.74, 6) is -1.59. The number of fused-ring (bicyclic) bond motifs is 2. The average Bonchev–Trinajstić information content (AvgIpc) is 3.11. The van der Waals surface area contributed by atoms with E-state index < -0.39 is 11.6 Å². The Bertz CT molecular complexity index is 1210. The first kappa shape index (κ1) is 19.4. The molecule has 0 spiro atoms. The van der Waals surface area contributed by atoms with E-state index in [2.05, 4.69) is 4.98 Å². The van der Waals surface area contributed by atoms with Crippen LogP contribution >= 0.6 is 11.3 Å². The Kier molecular flexibility index (Phi) is 5.25. The first-order valence-electron chi connectivity index (χ1n) is 9.27. The molecule has 1 N–H and O–H groups in total. The maximum absolute atomic E-state index is 14.1. The van der Waals surface area contributed by atoms with Gasteiger partial charge in [0.15, 0.2) is 10.9 Å². The number of rotatable bonds is 5. The molecule has 0 aliphatic rings. The molecule has 1 amide bonds. The van der Waals surface area contributed by atoms with Crippen LogP contribution in [0.1, 0.15) is 10.4 Å². The third kappa shape index (κ3) is 3.97. The van der Waals surface area contributed by atoms with Gasteiger partial charge in [-0.2, -0.15) is 0 Å². The standard InChI is InChI=1S/C22H19F2N3OS/c1-26(2)9-10-27(22-25-20-18(24)12-17(23)13-19(20)29-22)21(28)16-8-7-14-5-3-4-6-15(14)11-16/h3-8,11-13H,9-10H2,1-2H3/p+1. The molecule has 0 aliphatic heterocycles. The van der Waals surface area contributed by atoms with Crippen molar-refractivity contribution in [2.45, 2.75) is 0 Å². The van der Waals surface area contributed by atoms with Gasteiger partial charge in [-0.25, -0.2) is 13.8 Å². The fraction of sp³-hybridized carbons (Fsp3) is 0.182. The van der Waals surface area contributed by atoms with Crippen molar-refractivity contribution in [2.24, 2.45) is 0 Å². The number of nitrogens with one attached hydrogen (secondary N) is 1. The molecule has 29 heavy (non-hydrogen) atoms. The number of carbonyl (C=O) groups excluding carboxylic acids is 1. The van der Waals surface area contributed by atoms with Crippen molar-refractivity contribution in [3.05, 3.63) is 71.8 Å². The van der Waals surface area contributed by atoms with Crippen LogP contribution in [0.5, 0.6) is 0 Å². The molecule has 0 unspecified atom stereocenters. The van der Waals surface area contributed by atoms with Gasteiger partial charge in [0, 0.05) is 11.6 Å². The number of quaternary nitrogens is 1. The lowest BCUT2D eigenvalue weighted by atomic mass is 10.1. The van der Waals surface area contributed by atoms with Crippen LogP contribution in [-0.2, 0) is 0 Å². The van der Waals surface area contributed by atoms with Gasteiger partial charge < -0.3 is 4.90 Å².